The number of carbonyl (C=O) groups is 1. The van der Waals surface area contributed by atoms with E-state index in [2.05, 4.69) is 49.8 Å². The lowest BCUT2D eigenvalue weighted by Crippen LogP contribution is -2.01. The van der Waals surface area contributed by atoms with Crippen molar-refractivity contribution in [2.45, 2.75) is 26.8 Å². The first-order valence-corrected chi connectivity index (χ1v) is 6.87. The molecule has 3 heteroatoms. The fourth-order valence-electron chi connectivity index (χ4n) is 2.22. The zero-order valence-corrected chi connectivity index (χ0v) is 12.0. The molecule has 0 fully saturated rings. The summed E-state index contributed by atoms with van der Waals surface area (Å²) in [5, 5.41) is 4.45. The lowest BCUT2D eigenvalue weighted by Gasteiger charge is -2.05. The Morgan fingerprint density at radius 3 is 2.55 bits per heavy atom. The van der Waals surface area contributed by atoms with Crippen molar-refractivity contribution in [2.24, 2.45) is 5.92 Å². The van der Waals surface area contributed by atoms with E-state index in [-0.39, 0.29) is 0 Å². The van der Waals surface area contributed by atoms with Gasteiger partial charge in [-0.1, -0.05) is 44.2 Å². The molecule has 2 aromatic rings. The normalized spacial score (nSPS) is 10.8. The minimum atomic E-state index is 0.541. The summed E-state index contributed by atoms with van der Waals surface area (Å²) in [5.41, 5.74) is 3.75. The Balaban J connectivity index is 2.27. The van der Waals surface area contributed by atoms with Crippen LogP contribution in [0.3, 0.4) is 0 Å². The Morgan fingerprint density at radius 1 is 1.30 bits per heavy atom. The maximum atomic E-state index is 11.0. The van der Waals surface area contributed by atoms with E-state index in [1.807, 2.05) is 6.07 Å². The van der Waals surface area contributed by atoms with Crippen LogP contribution in [0.15, 0.2) is 43.0 Å². The second kappa shape index (κ2) is 6.33. The summed E-state index contributed by atoms with van der Waals surface area (Å²) in [5.74, 6) is 0.648. The van der Waals surface area contributed by atoms with Crippen molar-refractivity contribution in [1.82, 2.24) is 9.78 Å². The third-order valence-corrected chi connectivity index (χ3v) is 3.13. The molecule has 0 radical (unpaired) electrons. The second-order valence-corrected chi connectivity index (χ2v) is 5.34. The van der Waals surface area contributed by atoms with Crippen molar-refractivity contribution in [1.29, 1.82) is 0 Å². The highest BCUT2D eigenvalue weighted by Crippen LogP contribution is 2.20. The number of nitrogens with zero attached hydrogens (tertiary/aromatic N) is 2. The van der Waals surface area contributed by atoms with Gasteiger partial charge in [0, 0.05) is 5.56 Å². The van der Waals surface area contributed by atoms with Gasteiger partial charge in [-0.3, -0.25) is 9.48 Å². The Hall–Kier alpha value is -2.16. The highest BCUT2D eigenvalue weighted by molar-refractivity contribution is 5.75. The van der Waals surface area contributed by atoms with Crippen molar-refractivity contribution >= 4 is 6.29 Å². The Bertz CT molecular complexity index is 594. The first kappa shape index (κ1) is 14.3. The fraction of sp³-hybridized carbons (Fsp3) is 0.294. The number of benzene rings is 1. The SMILES string of the molecule is C=CCn1nc(-c2ccc(CC(C)C)cc2)cc1C=O. The fourth-order valence-corrected chi connectivity index (χ4v) is 2.22. The first-order valence-electron chi connectivity index (χ1n) is 6.87. The van der Waals surface area contributed by atoms with Crippen molar-refractivity contribution in [3.63, 3.8) is 0 Å². The van der Waals surface area contributed by atoms with Gasteiger partial charge in [-0.25, -0.2) is 0 Å². The molecule has 0 N–H and O–H groups in total. The smallest absolute Gasteiger partial charge is 0.168 e. The molecule has 2 rings (SSSR count). The molecule has 0 amide bonds. The molecule has 0 aliphatic rings. The van der Waals surface area contributed by atoms with Crippen LogP contribution in [-0.2, 0) is 13.0 Å². The third kappa shape index (κ3) is 3.23. The van der Waals surface area contributed by atoms with Crippen LogP contribution in [0.5, 0.6) is 0 Å². The molecule has 104 valence electrons. The zero-order chi connectivity index (χ0) is 14.5. The summed E-state index contributed by atoms with van der Waals surface area (Å²) in [4.78, 5) is 11.0. The van der Waals surface area contributed by atoms with Gasteiger partial charge in [-0.05, 0) is 24.0 Å². The van der Waals surface area contributed by atoms with E-state index in [4.69, 9.17) is 0 Å². The lowest BCUT2D eigenvalue weighted by atomic mass is 10.0. The van der Waals surface area contributed by atoms with E-state index >= 15 is 0 Å². The lowest BCUT2D eigenvalue weighted by molar-refractivity contribution is 0.111. The number of allylic oxidation sites excluding steroid dienone is 1. The van der Waals surface area contributed by atoms with E-state index in [9.17, 15) is 4.79 Å². The predicted molar refractivity (Wildman–Crippen MR) is 81.8 cm³/mol. The van der Waals surface area contributed by atoms with Crippen LogP contribution in [-0.4, -0.2) is 16.1 Å². The molecule has 0 atom stereocenters. The molecule has 1 aromatic heterocycles. The van der Waals surface area contributed by atoms with Crippen molar-refractivity contribution in [3.05, 3.63) is 54.2 Å². The van der Waals surface area contributed by atoms with E-state index in [0.717, 1.165) is 24.0 Å². The van der Waals surface area contributed by atoms with Crippen molar-refractivity contribution in [3.8, 4) is 11.3 Å². The summed E-state index contributed by atoms with van der Waals surface area (Å²) in [7, 11) is 0. The number of rotatable bonds is 6. The Labute approximate surface area is 119 Å². The van der Waals surface area contributed by atoms with Crippen LogP contribution in [0.4, 0.5) is 0 Å². The second-order valence-electron chi connectivity index (χ2n) is 5.34. The van der Waals surface area contributed by atoms with Gasteiger partial charge < -0.3 is 0 Å². The van der Waals surface area contributed by atoms with E-state index in [1.165, 1.54) is 5.56 Å². The molecular weight excluding hydrogens is 248 g/mol. The largest absolute Gasteiger partial charge is 0.296 e. The molecule has 0 saturated heterocycles. The predicted octanol–water partition coefficient (Wildman–Crippen LogP) is 3.75. The van der Waals surface area contributed by atoms with Gasteiger partial charge in [0.1, 0.15) is 5.69 Å². The van der Waals surface area contributed by atoms with Gasteiger partial charge in [-0.2, -0.15) is 5.10 Å². The average Bonchev–Trinajstić information content (AvgIpc) is 2.82. The van der Waals surface area contributed by atoms with Gasteiger partial charge in [0.15, 0.2) is 6.29 Å². The van der Waals surface area contributed by atoms with E-state index in [0.29, 0.717) is 18.2 Å². The summed E-state index contributed by atoms with van der Waals surface area (Å²) in [6, 6.07) is 10.2. The summed E-state index contributed by atoms with van der Waals surface area (Å²) in [6.07, 6.45) is 3.63. The van der Waals surface area contributed by atoms with Gasteiger partial charge in [0.05, 0.1) is 12.2 Å². The zero-order valence-electron chi connectivity index (χ0n) is 12.0. The number of carbonyl (C=O) groups excluding carboxylic acids is 1. The highest BCUT2D eigenvalue weighted by atomic mass is 16.1. The maximum Gasteiger partial charge on any atom is 0.168 e. The molecule has 0 bridgehead atoms. The van der Waals surface area contributed by atoms with Crippen molar-refractivity contribution in [2.75, 3.05) is 0 Å². The van der Waals surface area contributed by atoms with Crippen molar-refractivity contribution < 1.29 is 4.79 Å². The van der Waals surface area contributed by atoms with Crippen LogP contribution in [0, 0.1) is 5.92 Å². The van der Waals surface area contributed by atoms with Crippen LogP contribution >= 0.6 is 0 Å². The van der Waals surface area contributed by atoms with Crippen LogP contribution in [0.2, 0.25) is 0 Å². The van der Waals surface area contributed by atoms with Crippen LogP contribution < -0.4 is 0 Å². The minimum absolute atomic E-state index is 0.541. The van der Waals surface area contributed by atoms with Crippen LogP contribution in [0.25, 0.3) is 11.3 Å². The first-order chi connectivity index (χ1) is 9.63. The maximum absolute atomic E-state index is 11.0. The molecule has 0 unspecified atom stereocenters. The molecule has 1 heterocycles. The minimum Gasteiger partial charge on any atom is -0.296 e. The van der Waals surface area contributed by atoms with Gasteiger partial charge in [0.2, 0.25) is 0 Å². The number of hydrogen-bond acceptors (Lipinski definition) is 2. The summed E-state index contributed by atoms with van der Waals surface area (Å²) in [6.45, 7) is 8.64. The Kier molecular flexibility index (Phi) is 4.51. The van der Waals surface area contributed by atoms with E-state index in [1.54, 1.807) is 10.8 Å². The van der Waals surface area contributed by atoms with E-state index < -0.39 is 0 Å². The molecule has 1 aromatic carbocycles. The molecular formula is C17H20N2O. The molecule has 0 saturated carbocycles. The molecule has 3 nitrogen and oxygen atoms in total. The van der Waals surface area contributed by atoms with Gasteiger partial charge >= 0.3 is 0 Å². The standard InChI is InChI=1S/C17H20N2O/c1-4-9-19-16(12-20)11-17(18-19)15-7-5-14(6-8-15)10-13(2)3/h4-8,11-13H,1,9-10H2,2-3H3. The Morgan fingerprint density at radius 2 is 2.00 bits per heavy atom. The monoisotopic (exact) mass is 268 g/mol. The highest BCUT2D eigenvalue weighted by Gasteiger charge is 2.08. The quantitative estimate of drug-likeness (QED) is 0.591. The third-order valence-electron chi connectivity index (χ3n) is 3.13. The molecule has 0 aliphatic heterocycles. The van der Waals surface area contributed by atoms with Crippen LogP contribution in [0.1, 0.15) is 29.9 Å². The van der Waals surface area contributed by atoms with Gasteiger partial charge in [0.25, 0.3) is 0 Å². The number of hydrogen-bond donors (Lipinski definition) is 0. The topological polar surface area (TPSA) is 34.9 Å². The average molecular weight is 268 g/mol. The molecule has 0 spiro atoms. The number of aldehydes is 1. The van der Waals surface area contributed by atoms with Gasteiger partial charge in [-0.15, -0.1) is 6.58 Å². The molecule has 0 aliphatic carbocycles. The summed E-state index contributed by atoms with van der Waals surface area (Å²) < 4.78 is 1.66. The summed E-state index contributed by atoms with van der Waals surface area (Å²) >= 11 is 0. The number of aromatic nitrogens is 2. The molecule has 20 heavy (non-hydrogen) atoms.